The van der Waals surface area contributed by atoms with Crippen LogP contribution in [0.4, 0.5) is 0 Å². The van der Waals surface area contributed by atoms with E-state index in [9.17, 15) is 0 Å². The molecule has 3 rings (SSSR count). The van der Waals surface area contributed by atoms with Gasteiger partial charge in [0.25, 0.3) is 0 Å². The topological polar surface area (TPSA) is 12.0 Å². The summed E-state index contributed by atoms with van der Waals surface area (Å²) in [5.41, 5.74) is 6.20. The van der Waals surface area contributed by atoms with Gasteiger partial charge in [0, 0.05) is 19.0 Å². The normalized spacial score (nSPS) is 29.1. The molecule has 2 atom stereocenters. The first-order chi connectivity index (χ1) is 8.12. The van der Waals surface area contributed by atoms with Gasteiger partial charge in [0.1, 0.15) is 0 Å². The van der Waals surface area contributed by atoms with E-state index < -0.39 is 0 Å². The number of rotatable bonds is 1. The Morgan fingerprint density at radius 3 is 2.94 bits per heavy atom. The molecule has 1 saturated heterocycles. The zero-order valence-corrected chi connectivity index (χ0v) is 12.1. The summed E-state index contributed by atoms with van der Waals surface area (Å²) in [5, 5.41) is 3.57. The Morgan fingerprint density at radius 2 is 2.22 bits per heavy atom. The van der Waals surface area contributed by atoms with Crippen molar-refractivity contribution >= 4 is 18.0 Å². The highest BCUT2D eigenvalue weighted by molar-refractivity contribution is 5.85. The highest BCUT2D eigenvalue weighted by Gasteiger charge is 2.43. The lowest BCUT2D eigenvalue weighted by Gasteiger charge is -2.37. The number of benzene rings is 1. The first-order valence-electron chi connectivity index (χ1n) is 6.60. The molecule has 1 N–H and O–H groups in total. The zero-order valence-electron chi connectivity index (χ0n) is 11.3. The standard InChI is InChI=1S/C16H21N.ClH/c1-11(2)12-5-4-6-14-13(12)7-8-16(3)10-17-9-15(14)16;/h4-6,15,17H,1,7-10H2,2-3H3;1H/t15-,16+;/m1./s1. The number of fused-ring (bicyclic) bond motifs is 3. The van der Waals surface area contributed by atoms with Crippen molar-refractivity contribution in [2.75, 3.05) is 13.1 Å². The smallest absolute Gasteiger partial charge is 0.00324 e. The number of nitrogens with one attached hydrogen (secondary N) is 1. The van der Waals surface area contributed by atoms with Crippen LogP contribution < -0.4 is 5.32 Å². The Bertz CT molecular complexity index is 480. The minimum absolute atomic E-state index is 0. The highest BCUT2D eigenvalue weighted by Crippen LogP contribution is 2.48. The maximum Gasteiger partial charge on any atom is 0.00324 e. The first kappa shape index (κ1) is 13.6. The van der Waals surface area contributed by atoms with E-state index in [4.69, 9.17) is 0 Å². The van der Waals surface area contributed by atoms with Crippen LogP contribution in [-0.4, -0.2) is 13.1 Å². The first-order valence-corrected chi connectivity index (χ1v) is 6.60. The quantitative estimate of drug-likeness (QED) is 0.813. The lowest BCUT2D eigenvalue weighted by atomic mass is 9.66. The molecule has 2 aliphatic rings. The van der Waals surface area contributed by atoms with Crippen molar-refractivity contribution in [1.29, 1.82) is 0 Å². The summed E-state index contributed by atoms with van der Waals surface area (Å²) < 4.78 is 0. The Kier molecular flexibility index (Phi) is 3.57. The van der Waals surface area contributed by atoms with E-state index in [0.29, 0.717) is 11.3 Å². The maximum absolute atomic E-state index is 4.12. The number of allylic oxidation sites excluding steroid dienone is 1. The predicted octanol–water partition coefficient (Wildman–Crippen LogP) is 3.78. The van der Waals surface area contributed by atoms with E-state index in [0.717, 1.165) is 6.54 Å². The second-order valence-corrected chi connectivity index (χ2v) is 5.99. The minimum atomic E-state index is 0. The largest absolute Gasteiger partial charge is 0.316 e. The van der Waals surface area contributed by atoms with Crippen LogP contribution in [0, 0.1) is 5.41 Å². The minimum Gasteiger partial charge on any atom is -0.316 e. The molecule has 0 bridgehead atoms. The van der Waals surface area contributed by atoms with Gasteiger partial charge in [0.2, 0.25) is 0 Å². The van der Waals surface area contributed by atoms with Crippen molar-refractivity contribution in [3.63, 3.8) is 0 Å². The van der Waals surface area contributed by atoms with E-state index in [2.05, 4.69) is 43.9 Å². The molecule has 18 heavy (non-hydrogen) atoms. The fourth-order valence-electron chi connectivity index (χ4n) is 3.64. The third-order valence-electron chi connectivity index (χ3n) is 4.71. The Balaban J connectivity index is 0.00000120. The molecular weight excluding hydrogens is 242 g/mol. The summed E-state index contributed by atoms with van der Waals surface area (Å²) >= 11 is 0. The van der Waals surface area contributed by atoms with Crippen LogP contribution in [0.1, 0.15) is 42.9 Å². The fourth-order valence-corrected chi connectivity index (χ4v) is 3.64. The molecule has 0 unspecified atom stereocenters. The average Bonchev–Trinajstić information content (AvgIpc) is 2.70. The van der Waals surface area contributed by atoms with E-state index in [1.165, 1.54) is 30.5 Å². The highest BCUT2D eigenvalue weighted by atomic mass is 35.5. The Morgan fingerprint density at radius 1 is 1.44 bits per heavy atom. The van der Waals surface area contributed by atoms with Crippen LogP contribution in [0.5, 0.6) is 0 Å². The fraction of sp³-hybridized carbons (Fsp3) is 0.500. The molecule has 1 nitrogen and oxygen atoms in total. The molecule has 0 radical (unpaired) electrons. The molecule has 0 spiro atoms. The summed E-state index contributed by atoms with van der Waals surface area (Å²) in [6.45, 7) is 11.0. The second-order valence-electron chi connectivity index (χ2n) is 5.99. The maximum atomic E-state index is 4.12. The van der Waals surface area contributed by atoms with E-state index in [-0.39, 0.29) is 12.4 Å². The molecule has 0 amide bonds. The Labute approximate surface area is 116 Å². The third-order valence-corrected chi connectivity index (χ3v) is 4.71. The number of halogens is 1. The summed E-state index contributed by atoms with van der Waals surface area (Å²) in [6, 6.07) is 6.76. The molecule has 2 heteroatoms. The van der Waals surface area contributed by atoms with Gasteiger partial charge in [-0.15, -0.1) is 12.4 Å². The summed E-state index contributed by atoms with van der Waals surface area (Å²) in [4.78, 5) is 0. The van der Waals surface area contributed by atoms with E-state index >= 15 is 0 Å². The van der Waals surface area contributed by atoms with Gasteiger partial charge < -0.3 is 5.32 Å². The van der Waals surface area contributed by atoms with Gasteiger partial charge in [0.15, 0.2) is 0 Å². The molecule has 98 valence electrons. The molecule has 1 aromatic rings. The van der Waals surface area contributed by atoms with Crippen LogP contribution in [0.3, 0.4) is 0 Å². The number of hydrogen-bond acceptors (Lipinski definition) is 1. The van der Waals surface area contributed by atoms with Gasteiger partial charge in [0.05, 0.1) is 0 Å². The molecule has 1 aliphatic carbocycles. The predicted molar refractivity (Wildman–Crippen MR) is 80.4 cm³/mol. The van der Waals surface area contributed by atoms with Crippen molar-refractivity contribution in [3.8, 4) is 0 Å². The number of hydrogen-bond donors (Lipinski definition) is 1. The van der Waals surface area contributed by atoms with E-state index in [1.807, 2.05) is 0 Å². The average molecular weight is 264 g/mol. The molecular formula is C16H22ClN. The molecule has 1 aliphatic heterocycles. The second kappa shape index (κ2) is 4.71. The molecule has 0 saturated carbocycles. The van der Waals surface area contributed by atoms with Crippen LogP contribution in [0.25, 0.3) is 5.57 Å². The van der Waals surface area contributed by atoms with Gasteiger partial charge in [-0.3, -0.25) is 0 Å². The van der Waals surface area contributed by atoms with Gasteiger partial charge in [-0.2, -0.15) is 0 Å². The van der Waals surface area contributed by atoms with Crippen molar-refractivity contribution in [2.45, 2.75) is 32.6 Å². The zero-order chi connectivity index (χ0) is 12.0. The van der Waals surface area contributed by atoms with Crippen LogP contribution in [0.15, 0.2) is 24.8 Å². The van der Waals surface area contributed by atoms with Gasteiger partial charge in [-0.05, 0) is 41.9 Å². The summed E-state index contributed by atoms with van der Waals surface area (Å²) in [7, 11) is 0. The molecule has 0 aromatic heterocycles. The van der Waals surface area contributed by atoms with Gasteiger partial charge in [-0.1, -0.05) is 37.3 Å². The lowest BCUT2D eigenvalue weighted by molar-refractivity contribution is 0.277. The van der Waals surface area contributed by atoms with E-state index in [1.54, 1.807) is 11.1 Å². The molecule has 1 fully saturated rings. The van der Waals surface area contributed by atoms with Gasteiger partial charge in [-0.25, -0.2) is 0 Å². The van der Waals surface area contributed by atoms with Crippen molar-refractivity contribution in [3.05, 3.63) is 41.5 Å². The summed E-state index contributed by atoms with van der Waals surface area (Å²) in [5.74, 6) is 0.700. The van der Waals surface area contributed by atoms with Crippen LogP contribution in [0.2, 0.25) is 0 Å². The Hall–Kier alpha value is -0.790. The van der Waals surface area contributed by atoms with Crippen LogP contribution >= 0.6 is 12.4 Å². The van der Waals surface area contributed by atoms with Crippen molar-refractivity contribution < 1.29 is 0 Å². The molecule has 1 heterocycles. The summed E-state index contributed by atoms with van der Waals surface area (Å²) in [6.07, 6.45) is 2.52. The van der Waals surface area contributed by atoms with Crippen LogP contribution in [-0.2, 0) is 6.42 Å². The lowest BCUT2D eigenvalue weighted by Crippen LogP contribution is -2.30. The van der Waals surface area contributed by atoms with Crippen molar-refractivity contribution in [2.24, 2.45) is 5.41 Å². The van der Waals surface area contributed by atoms with Gasteiger partial charge >= 0.3 is 0 Å². The SMILES string of the molecule is C=C(C)c1cccc2c1CC[C@@]1(C)CNC[C@H]21.Cl. The monoisotopic (exact) mass is 263 g/mol. The third kappa shape index (κ3) is 1.90. The van der Waals surface area contributed by atoms with Crippen molar-refractivity contribution in [1.82, 2.24) is 5.32 Å². The molecule has 1 aromatic carbocycles.